The maximum Gasteiger partial charge on any atom is 0.319 e. The first-order chi connectivity index (χ1) is 7.02. The summed E-state index contributed by atoms with van der Waals surface area (Å²) < 4.78 is 48.3. The number of hydrogen-bond acceptors (Lipinski definition) is 3. The van der Waals surface area contributed by atoms with Crippen molar-refractivity contribution in [3.05, 3.63) is 24.3 Å². The number of hydrogen-bond donors (Lipinski definition) is 1. The van der Waals surface area contributed by atoms with E-state index in [0.29, 0.717) is 5.56 Å². The zero-order valence-corrected chi connectivity index (χ0v) is 7.63. The van der Waals surface area contributed by atoms with Crippen molar-refractivity contribution in [2.45, 2.75) is 18.9 Å². The molecule has 0 aromatic carbocycles. The zero-order chi connectivity index (χ0) is 11.3. The summed E-state index contributed by atoms with van der Waals surface area (Å²) in [4.78, 5) is 7.30. The van der Waals surface area contributed by atoms with Crippen LogP contribution in [0.4, 0.5) is 17.6 Å². The molecule has 1 aromatic heterocycles. The molecule has 0 bridgehead atoms. The van der Waals surface area contributed by atoms with Gasteiger partial charge in [-0.2, -0.15) is 8.78 Å². The molecule has 0 fully saturated rings. The zero-order valence-electron chi connectivity index (χ0n) is 7.63. The van der Waals surface area contributed by atoms with Crippen LogP contribution in [0.3, 0.4) is 0 Å². The number of nitrogens with one attached hydrogen (secondary N) is 1. The summed E-state index contributed by atoms with van der Waals surface area (Å²) in [7, 11) is 0. The van der Waals surface area contributed by atoms with Gasteiger partial charge in [-0.25, -0.2) is 18.7 Å². The fourth-order valence-corrected chi connectivity index (χ4v) is 0.872. The molecule has 1 heterocycles. The Labute approximate surface area is 83.5 Å². The molecule has 0 atom stereocenters. The molecule has 1 N–H and O–H groups in total. The molecule has 0 saturated carbocycles. The van der Waals surface area contributed by atoms with Crippen LogP contribution in [-0.2, 0) is 6.54 Å². The Bertz CT molecular complexity index is 291. The van der Waals surface area contributed by atoms with Crippen molar-refractivity contribution in [1.29, 1.82) is 0 Å². The van der Waals surface area contributed by atoms with Crippen molar-refractivity contribution in [1.82, 2.24) is 15.3 Å². The van der Waals surface area contributed by atoms with Crippen LogP contribution in [0.25, 0.3) is 0 Å². The molecule has 15 heavy (non-hydrogen) atoms. The third-order valence-corrected chi connectivity index (χ3v) is 1.62. The summed E-state index contributed by atoms with van der Waals surface area (Å²) in [6, 6.07) is 0. The maximum absolute atomic E-state index is 12.4. The van der Waals surface area contributed by atoms with Crippen LogP contribution in [-0.4, -0.2) is 28.9 Å². The first kappa shape index (κ1) is 11.8. The van der Waals surface area contributed by atoms with Gasteiger partial charge in [0.05, 0.1) is 6.54 Å². The van der Waals surface area contributed by atoms with E-state index in [-0.39, 0.29) is 6.54 Å². The highest BCUT2D eigenvalue weighted by atomic mass is 19.3. The Balaban J connectivity index is 2.34. The fourth-order valence-electron chi connectivity index (χ4n) is 0.872. The molecule has 1 aromatic rings. The van der Waals surface area contributed by atoms with E-state index < -0.39 is 18.9 Å². The van der Waals surface area contributed by atoms with Crippen LogP contribution >= 0.6 is 0 Å². The van der Waals surface area contributed by atoms with Gasteiger partial charge in [0.25, 0.3) is 0 Å². The van der Waals surface area contributed by atoms with E-state index in [0.717, 1.165) is 0 Å². The molecule has 0 aliphatic carbocycles. The monoisotopic (exact) mass is 223 g/mol. The lowest BCUT2D eigenvalue weighted by atomic mass is 10.3. The molecule has 0 unspecified atom stereocenters. The van der Waals surface area contributed by atoms with E-state index in [1.165, 1.54) is 18.7 Å². The summed E-state index contributed by atoms with van der Waals surface area (Å²) in [5, 5.41) is 2.21. The second kappa shape index (κ2) is 5.01. The lowest BCUT2D eigenvalue weighted by molar-refractivity contribution is -0.125. The van der Waals surface area contributed by atoms with Crippen LogP contribution in [0.2, 0.25) is 0 Å². The SMILES string of the molecule is FC(F)C(F)(F)CNCc1cncnc1. The van der Waals surface area contributed by atoms with E-state index in [1.807, 2.05) is 0 Å². The van der Waals surface area contributed by atoms with Gasteiger partial charge < -0.3 is 5.32 Å². The van der Waals surface area contributed by atoms with Gasteiger partial charge in [-0.1, -0.05) is 0 Å². The summed E-state index contributed by atoms with van der Waals surface area (Å²) in [6.45, 7) is -1.04. The van der Waals surface area contributed by atoms with Crippen molar-refractivity contribution >= 4 is 0 Å². The van der Waals surface area contributed by atoms with E-state index >= 15 is 0 Å². The van der Waals surface area contributed by atoms with Crippen molar-refractivity contribution in [3.63, 3.8) is 0 Å². The van der Waals surface area contributed by atoms with Gasteiger partial charge in [-0.15, -0.1) is 0 Å². The summed E-state index contributed by atoms with van der Waals surface area (Å²) >= 11 is 0. The quantitative estimate of drug-likeness (QED) is 0.768. The van der Waals surface area contributed by atoms with E-state index in [9.17, 15) is 17.6 Å². The Kier molecular flexibility index (Phi) is 3.96. The molecular formula is C8H9F4N3. The molecule has 84 valence electrons. The Morgan fingerprint density at radius 2 is 1.87 bits per heavy atom. The van der Waals surface area contributed by atoms with E-state index in [1.54, 1.807) is 0 Å². The summed E-state index contributed by atoms with van der Waals surface area (Å²) in [6.07, 6.45) is 0.468. The van der Waals surface area contributed by atoms with Crippen molar-refractivity contribution < 1.29 is 17.6 Å². The number of halogens is 4. The third kappa shape index (κ3) is 3.78. The van der Waals surface area contributed by atoms with Gasteiger partial charge in [0.15, 0.2) is 0 Å². The topological polar surface area (TPSA) is 37.8 Å². The smallest absolute Gasteiger partial charge is 0.307 e. The number of rotatable bonds is 5. The minimum Gasteiger partial charge on any atom is -0.307 e. The third-order valence-electron chi connectivity index (χ3n) is 1.62. The van der Waals surface area contributed by atoms with E-state index in [2.05, 4.69) is 15.3 Å². The lowest BCUT2D eigenvalue weighted by Crippen LogP contribution is -2.38. The maximum atomic E-state index is 12.4. The number of nitrogens with zero attached hydrogens (tertiary/aromatic N) is 2. The van der Waals surface area contributed by atoms with Crippen LogP contribution < -0.4 is 5.32 Å². The number of aromatic nitrogens is 2. The molecular weight excluding hydrogens is 214 g/mol. The van der Waals surface area contributed by atoms with Crippen LogP contribution in [0.1, 0.15) is 5.56 Å². The minimum absolute atomic E-state index is 0.0309. The second-order valence-electron chi connectivity index (χ2n) is 2.91. The van der Waals surface area contributed by atoms with Gasteiger partial charge in [0.1, 0.15) is 6.33 Å². The summed E-state index contributed by atoms with van der Waals surface area (Å²) in [5.41, 5.74) is 0.558. The van der Waals surface area contributed by atoms with Crippen LogP contribution in [0, 0.1) is 0 Å². The normalized spacial score (nSPS) is 12.1. The van der Waals surface area contributed by atoms with Crippen molar-refractivity contribution in [3.8, 4) is 0 Å². The average Bonchev–Trinajstić information content (AvgIpc) is 2.19. The molecule has 1 rings (SSSR count). The van der Waals surface area contributed by atoms with Crippen LogP contribution in [0.15, 0.2) is 18.7 Å². The van der Waals surface area contributed by atoms with E-state index in [4.69, 9.17) is 0 Å². The number of alkyl halides is 4. The van der Waals surface area contributed by atoms with Gasteiger partial charge >= 0.3 is 12.3 Å². The van der Waals surface area contributed by atoms with Gasteiger partial charge in [0, 0.05) is 24.5 Å². The molecule has 0 spiro atoms. The standard InChI is InChI=1S/C8H9F4N3/c9-7(10)8(11,12)4-13-1-6-2-14-5-15-3-6/h2-3,5,7,13H,1,4H2. The van der Waals surface area contributed by atoms with Gasteiger partial charge in [0.2, 0.25) is 0 Å². The minimum atomic E-state index is -4.00. The predicted molar refractivity (Wildman–Crippen MR) is 44.7 cm³/mol. The van der Waals surface area contributed by atoms with Crippen LogP contribution in [0.5, 0.6) is 0 Å². The second-order valence-corrected chi connectivity index (χ2v) is 2.91. The van der Waals surface area contributed by atoms with Gasteiger partial charge in [-0.3, -0.25) is 0 Å². The average molecular weight is 223 g/mol. The van der Waals surface area contributed by atoms with Crippen molar-refractivity contribution in [2.75, 3.05) is 6.54 Å². The molecule has 0 aliphatic rings. The highest BCUT2D eigenvalue weighted by Crippen LogP contribution is 2.21. The molecule has 0 saturated heterocycles. The molecule has 3 nitrogen and oxygen atoms in total. The summed E-state index contributed by atoms with van der Waals surface area (Å²) in [5.74, 6) is -4.00. The predicted octanol–water partition coefficient (Wildman–Crippen LogP) is 1.47. The highest BCUT2D eigenvalue weighted by Gasteiger charge is 2.39. The Hall–Kier alpha value is -1.24. The first-order valence-electron chi connectivity index (χ1n) is 4.13. The first-order valence-corrected chi connectivity index (χ1v) is 4.13. The lowest BCUT2D eigenvalue weighted by Gasteiger charge is -2.15. The fraction of sp³-hybridized carbons (Fsp3) is 0.500. The molecule has 0 aliphatic heterocycles. The van der Waals surface area contributed by atoms with Crippen molar-refractivity contribution in [2.24, 2.45) is 0 Å². The Morgan fingerprint density at radius 3 is 2.40 bits per heavy atom. The highest BCUT2D eigenvalue weighted by molar-refractivity contribution is 5.01. The van der Waals surface area contributed by atoms with Gasteiger partial charge in [-0.05, 0) is 0 Å². The molecule has 0 amide bonds. The Morgan fingerprint density at radius 1 is 1.27 bits per heavy atom. The molecule has 0 radical (unpaired) electrons. The largest absolute Gasteiger partial charge is 0.319 e. The molecule has 7 heteroatoms.